The number of likely N-dealkylation sites (tertiary alicyclic amines) is 1. The number of likely N-dealkylation sites (N-methyl/N-ethyl adjacent to an activating group) is 1. The lowest BCUT2D eigenvalue weighted by molar-refractivity contribution is 0.211. The molecule has 0 amide bonds. The highest BCUT2D eigenvalue weighted by Crippen LogP contribution is 2.34. The second kappa shape index (κ2) is 6.26. The molecule has 1 aliphatic heterocycles. The molecule has 4 heteroatoms. The van der Waals surface area contributed by atoms with Gasteiger partial charge in [-0.25, -0.2) is 0 Å². The number of nitrogens with zero attached hydrogens (tertiary/aromatic N) is 2. The first-order valence-electron chi connectivity index (χ1n) is 7.03. The second-order valence-corrected chi connectivity index (χ2v) is 5.42. The minimum atomic E-state index is 0.00352. The highest BCUT2D eigenvalue weighted by Gasteiger charge is 2.20. The summed E-state index contributed by atoms with van der Waals surface area (Å²) < 4.78 is 0. The molecule has 4 nitrogen and oxygen atoms in total. The number of phenols is 2. The van der Waals surface area contributed by atoms with Crippen LogP contribution in [-0.2, 0) is 0 Å². The summed E-state index contributed by atoms with van der Waals surface area (Å²) in [6.07, 6.45) is 2.61. The number of aromatic hydroxyl groups is 2. The van der Waals surface area contributed by atoms with Crippen LogP contribution in [0.25, 0.3) is 0 Å². The van der Waals surface area contributed by atoms with E-state index in [1.54, 1.807) is 18.2 Å². The van der Waals surface area contributed by atoms with Gasteiger partial charge in [-0.1, -0.05) is 6.07 Å². The quantitative estimate of drug-likeness (QED) is 0.856. The van der Waals surface area contributed by atoms with Gasteiger partial charge in [-0.2, -0.15) is 0 Å². The first-order chi connectivity index (χ1) is 9.09. The molecule has 1 heterocycles. The lowest BCUT2D eigenvalue weighted by Gasteiger charge is -2.28. The van der Waals surface area contributed by atoms with Crippen LogP contribution in [0.1, 0.15) is 31.4 Å². The van der Waals surface area contributed by atoms with Crippen molar-refractivity contribution in [2.45, 2.75) is 25.8 Å². The van der Waals surface area contributed by atoms with E-state index in [0.29, 0.717) is 5.56 Å². The molecule has 1 atom stereocenters. The van der Waals surface area contributed by atoms with Crippen molar-refractivity contribution >= 4 is 0 Å². The fourth-order valence-electron chi connectivity index (χ4n) is 2.69. The van der Waals surface area contributed by atoms with Gasteiger partial charge in [0, 0.05) is 19.1 Å². The predicted molar refractivity (Wildman–Crippen MR) is 76.5 cm³/mol. The molecule has 1 aromatic carbocycles. The summed E-state index contributed by atoms with van der Waals surface area (Å²) in [7, 11) is 2.03. The summed E-state index contributed by atoms with van der Waals surface area (Å²) in [6.45, 7) is 6.40. The molecule has 1 saturated heterocycles. The van der Waals surface area contributed by atoms with Crippen molar-refractivity contribution in [3.8, 4) is 11.5 Å². The summed E-state index contributed by atoms with van der Waals surface area (Å²) in [4.78, 5) is 4.64. The Bertz CT molecular complexity index is 396. The summed E-state index contributed by atoms with van der Waals surface area (Å²) in [5, 5.41) is 19.8. The van der Waals surface area contributed by atoms with E-state index < -0.39 is 0 Å². The van der Waals surface area contributed by atoms with E-state index in [9.17, 15) is 10.2 Å². The zero-order chi connectivity index (χ0) is 13.8. The van der Waals surface area contributed by atoms with Crippen molar-refractivity contribution in [3.05, 3.63) is 23.8 Å². The van der Waals surface area contributed by atoms with Crippen molar-refractivity contribution in [3.63, 3.8) is 0 Å². The molecule has 0 aromatic heterocycles. The Kier molecular flexibility index (Phi) is 4.66. The van der Waals surface area contributed by atoms with Crippen LogP contribution in [0, 0.1) is 0 Å². The smallest absolute Gasteiger partial charge is 0.124 e. The Morgan fingerprint density at radius 2 is 1.79 bits per heavy atom. The lowest BCUT2D eigenvalue weighted by Crippen LogP contribution is -2.33. The minimum Gasteiger partial charge on any atom is -0.507 e. The molecule has 1 fully saturated rings. The fourth-order valence-corrected chi connectivity index (χ4v) is 2.69. The van der Waals surface area contributed by atoms with Gasteiger partial charge in [0.15, 0.2) is 0 Å². The van der Waals surface area contributed by atoms with Gasteiger partial charge in [-0.15, -0.1) is 0 Å². The summed E-state index contributed by atoms with van der Waals surface area (Å²) in [5.74, 6) is 0.334. The van der Waals surface area contributed by atoms with Gasteiger partial charge in [0.25, 0.3) is 0 Å². The SMILES string of the molecule is CC(c1c(O)cccc1O)N(C)CCN1CCCC1. The van der Waals surface area contributed by atoms with Crippen molar-refractivity contribution < 1.29 is 10.2 Å². The Balaban J connectivity index is 1.96. The van der Waals surface area contributed by atoms with Crippen LogP contribution in [0.2, 0.25) is 0 Å². The van der Waals surface area contributed by atoms with E-state index in [-0.39, 0.29) is 17.5 Å². The van der Waals surface area contributed by atoms with Crippen LogP contribution in [-0.4, -0.2) is 53.2 Å². The maximum atomic E-state index is 9.89. The molecule has 2 N–H and O–H groups in total. The van der Waals surface area contributed by atoms with Crippen molar-refractivity contribution in [1.82, 2.24) is 9.80 Å². The number of rotatable bonds is 5. The molecule has 0 saturated carbocycles. The molecule has 0 aliphatic carbocycles. The third kappa shape index (κ3) is 3.39. The third-order valence-electron chi connectivity index (χ3n) is 4.11. The van der Waals surface area contributed by atoms with E-state index in [1.807, 2.05) is 14.0 Å². The number of hydrogen-bond acceptors (Lipinski definition) is 4. The monoisotopic (exact) mass is 264 g/mol. The topological polar surface area (TPSA) is 46.9 Å². The number of phenolic OH excluding ortho intramolecular Hbond substituents is 2. The van der Waals surface area contributed by atoms with E-state index in [2.05, 4.69) is 9.80 Å². The molecule has 0 radical (unpaired) electrons. The van der Waals surface area contributed by atoms with Gasteiger partial charge in [-0.3, -0.25) is 4.90 Å². The molecule has 1 unspecified atom stereocenters. The van der Waals surface area contributed by atoms with Gasteiger partial charge in [0.2, 0.25) is 0 Å². The van der Waals surface area contributed by atoms with Crippen LogP contribution >= 0.6 is 0 Å². The zero-order valence-corrected chi connectivity index (χ0v) is 11.8. The van der Waals surface area contributed by atoms with E-state index in [0.717, 1.165) is 13.1 Å². The maximum absolute atomic E-state index is 9.89. The van der Waals surface area contributed by atoms with Crippen LogP contribution in [0.15, 0.2) is 18.2 Å². The Labute approximate surface area is 115 Å². The van der Waals surface area contributed by atoms with Gasteiger partial charge >= 0.3 is 0 Å². The molecule has 2 rings (SSSR count). The van der Waals surface area contributed by atoms with Crippen molar-refractivity contribution in [2.24, 2.45) is 0 Å². The first kappa shape index (κ1) is 14.2. The first-order valence-corrected chi connectivity index (χ1v) is 7.03. The summed E-state index contributed by atoms with van der Waals surface area (Å²) in [5.41, 5.74) is 0.617. The van der Waals surface area contributed by atoms with Gasteiger partial charge in [0.1, 0.15) is 11.5 Å². The standard InChI is InChI=1S/C15H24N2O2/c1-12(15-13(18)6-5-7-14(15)19)16(2)10-11-17-8-3-4-9-17/h5-7,12,18-19H,3-4,8-11H2,1-2H3. The van der Waals surface area contributed by atoms with Gasteiger partial charge < -0.3 is 15.1 Å². The molecule has 19 heavy (non-hydrogen) atoms. The molecular weight excluding hydrogens is 240 g/mol. The average molecular weight is 264 g/mol. The Hall–Kier alpha value is -1.26. The molecule has 0 bridgehead atoms. The molecule has 1 aromatic rings. The van der Waals surface area contributed by atoms with Gasteiger partial charge in [0.05, 0.1) is 5.56 Å². The molecular formula is C15H24N2O2. The molecule has 106 valence electrons. The van der Waals surface area contributed by atoms with Crippen LogP contribution < -0.4 is 0 Å². The molecule has 0 spiro atoms. The van der Waals surface area contributed by atoms with E-state index in [1.165, 1.54) is 25.9 Å². The third-order valence-corrected chi connectivity index (χ3v) is 4.11. The Morgan fingerprint density at radius 3 is 2.37 bits per heavy atom. The lowest BCUT2D eigenvalue weighted by atomic mass is 10.0. The van der Waals surface area contributed by atoms with Crippen molar-refractivity contribution in [1.29, 1.82) is 0 Å². The van der Waals surface area contributed by atoms with Crippen molar-refractivity contribution in [2.75, 3.05) is 33.2 Å². The Morgan fingerprint density at radius 1 is 1.21 bits per heavy atom. The molecule has 1 aliphatic rings. The van der Waals surface area contributed by atoms with Crippen LogP contribution in [0.5, 0.6) is 11.5 Å². The number of hydrogen-bond donors (Lipinski definition) is 2. The zero-order valence-electron chi connectivity index (χ0n) is 11.8. The largest absolute Gasteiger partial charge is 0.507 e. The van der Waals surface area contributed by atoms with Crippen LogP contribution in [0.4, 0.5) is 0 Å². The van der Waals surface area contributed by atoms with E-state index in [4.69, 9.17) is 0 Å². The highest BCUT2D eigenvalue weighted by molar-refractivity contribution is 5.44. The summed E-state index contributed by atoms with van der Waals surface area (Å²) >= 11 is 0. The normalized spacial score (nSPS) is 18.1. The minimum absolute atomic E-state index is 0.00352. The second-order valence-electron chi connectivity index (χ2n) is 5.42. The van der Waals surface area contributed by atoms with Crippen LogP contribution in [0.3, 0.4) is 0 Å². The summed E-state index contributed by atoms with van der Waals surface area (Å²) in [6, 6.07) is 4.91. The van der Waals surface area contributed by atoms with Gasteiger partial charge in [-0.05, 0) is 52.0 Å². The predicted octanol–water partition coefficient (Wildman–Crippen LogP) is 2.19. The maximum Gasteiger partial charge on any atom is 0.124 e. The highest BCUT2D eigenvalue weighted by atomic mass is 16.3. The average Bonchev–Trinajstić information content (AvgIpc) is 2.88. The van der Waals surface area contributed by atoms with E-state index >= 15 is 0 Å². The number of benzene rings is 1. The fraction of sp³-hybridized carbons (Fsp3) is 0.600.